The highest BCUT2D eigenvalue weighted by Crippen LogP contribution is 2.24. The van der Waals surface area contributed by atoms with Crippen LogP contribution in [0.1, 0.15) is 5.56 Å². The molecule has 0 aliphatic rings. The van der Waals surface area contributed by atoms with Crippen LogP contribution in [0.3, 0.4) is 0 Å². The number of fused-ring (bicyclic) bond motifs is 1. The molecule has 0 bridgehead atoms. The van der Waals surface area contributed by atoms with E-state index in [0.29, 0.717) is 6.32 Å². The van der Waals surface area contributed by atoms with E-state index in [9.17, 15) is 0 Å². The normalized spacial score (nSPS) is 10.5. The summed E-state index contributed by atoms with van der Waals surface area (Å²) in [5.41, 5.74) is 1.25. The van der Waals surface area contributed by atoms with Gasteiger partial charge in [-0.3, -0.25) is 0 Å². The average molecular weight is 158 g/mol. The number of hydrogen-bond acceptors (Lipinski definition) is 1. The van der Waals surface area contributed by atoms with Gasteiger partial charge in [0.1, 0.15) is 0 Å². The predicted molar refractivity (Wildman–Crippen MR) is 51.3 cm³/mol. The van der Waals surface area contributed by atoms with E-state index in [2.05, 4.69) is 29.6 Å². The molecule has 0 unspecified atom stereocenters. The van der Waals surface area contributed by atoms with Crippen LogP contribution in [-0.4, -0.2) is 7.85 Å². The quantitative estimate of drug-likeness (QED) is 0.559. The van der Waals surface area contributed by atoms with Crippen molar-refractivity contribution in [2.45, 2.75) is 6.32 Å². The zero-order valence-electron chi connectivity index (χ0n) is 6.08. The minimum atomic E-state index is 0.637. The van der Waals surface area contributed by atoms with Crippen LogP contribution in [0, 0.1) is 0 Å². The Balaban J connectivity index is 2.79. The Morgan fingerprint density at radius 1 is 1.27 bits per heavy atom. The molecule has 0 amide bonds. The summed E-state index contributed by atoms with van der Waals surface area (Å²) in [6.45, 7) is 0. The van der Waals surface area contributed by atoms with Crippen molar-refractivity contribution in [3.8, 4) is 0 Å². The molecule has 11 heavy (non-hydrogen) atoms. The molecule has 0 saturated carbocycles. The molecule has 0 N–H and O–H groups in total. The van der Waals surface area contributed by atoms with Gasteiger partial charge < -0.3 is 0 Å². The molecular weight excluding hydrogens is 151 g/mol. The van der Waals surface area contributed by atoms with Crippen LogP contribution in [0.5, 0.6) is 0 Å². The number of benzene rings is 1. The Bertz CT molecular complexity index is 364. The van der Waals surface area contributed by atoms with Gasteiger partial charge in [0, 0.05) is 4.70 Å². The molecule has 2 rings (SSSR count). The van der Waals surface area contributed by atoms with Crippen molar-refractivity contribution < 1.29 is 0 Å². The van der Waals surface area contributed by atoms with Gasteiger partial charge >= 0.3 is 0 Å². The van der Waals surface area contributed by atoms with Crippen molar-refractivity contribution in [1.29, 1.82) is 0 Å². The summed E-state index contributed by atoms with van der Waals surface area (Å²) in [6, 6.07) is 8.38. The fourth-order valence-corrected chi connectivity index (χ4v) is 2.14. The maximum absolute atomic E-state index is 5.58. The van der Waals surface area contributed by atoms with Gasteiger partial charge in [0.25, 0.3) is 0 Å². The molecule has 0 spiro atoms. The number of hydrogen-bond donors (Lipinski definition) is 0. The van der Waals surface area contributed by atoms with Crippen LogP contribution >= 0.6 is 11.3 Å². The summed E-state index contributed by atoms with van der Waals surface area (Å²) < 4.78 is 1.33. The minimum absolute atomic E-state index is 0.637. The molecule has 0 saturated heterocycles. The zero-order valence-corrected chi connectivity index (χ0v) is 6.90. The molecule has 1 aromatic carbocycles. The maximum atomic E-state index is 5.58. The van der Waals surface area contributed by atoms with Crippen LogP contribution in [0.25, 0.3) is 10.1 Å². The average Bonchev–Trinajstić information content (AvgIpc) is 2.50. The summed E-state index contributed by atoms with van der Waals surface area (Å²) in [5.74, 6) is 0. The molecule has 0 atom stereocenters. The first-order chi connectivity index (χ1) is 5.42. The third-order valence-electron chi connectivity index (χ3n) is 1.78. The first-order valence-corrected chi connectivity index (χ1v) is 4.45. The molecule has 0 aliphatic carbocycles. The fourth-order valence-electron chi connectivity index (χ4n) is 1.22. The molecule has 2 heteroatoms. The lowest BCUT2D eigenvalue weighted by Gasteiger charge is -1.96. The van der Waals surface area contributed by atoms with Gasteiger partial charge in [0.05, 0.1) is 7.85 Å². The highest BCUT2D eigenvalue weighted by atomic mass is 32.1. The second-order valence-electron chi connectivity index (χ2n) is 2.46. The van der Waals surface area contributed by atoms with E-state index in [0.717, 1.165) is 0 Å². The van der Waals surface area contributed by atoms with Gasteiger partial charge in [-0.2, -0.15) is 0 Å². The van der Waals surface area contributed by atoms with E-state index >= 15 is 0 Å². The summed E-state index contributed by atoms with van der Waals surface area (Å²) in [6.07, 6.45) is 0.637. The number of rotatable bonds is 1. The van der Waals surface area contributed by atoms with E-state index in [1.807, 2.05) is 0 Å². The van der Waals surface area contributed by atoms with Crippen LogP contribution in [0.15, 0.2) is 29.6 Å². The topological polar surface area (TPSA) is 0 Å². The summed E-state index contributed by atoms with van der Waals surface area (Å²) >= 11 is 1.76. The molecule has 0 nitrogen and oxygen atoms in total. The van der Waals surface area contributed by atoms with E-state index in [4.69, 9.17) is 7.85 Å². The van der Waals surface area contributed by atoms with Crippen molar-refractivity contribution in [2.24, 2.45) is 0 Å². The van der Waals surface area contributed by atoms with E-state index in [1.165, 1.54) is 15.6 Å². The van der Waals surface area contributed by atoms with Gasteiger partial charge in [-0.1, -0.05) is 24.5 Å². The van der Waals surface area contributed by atoms with Crippen LogP contribution in [-0.2, 0) is 6.32 Å². The molecule has 1 aromatic heterocycles. The lowest BCUT2D eigenvalue weighted by atomic mass is 9.96. The standard InChI is InChI=1S/C9H7BS/c10-6-8-3-1-2-7-4-5-11-9(7)8/h1-5H,6H2. The van der Waals surface area contributed by atoms with Gasteiger partial charge in [0.15, 0.2) is 0 Å². The number of thiophene rings is 1. The summed E-state index contributed by atoms with van der Waals surface area (Å²) in [7, 11) is 5.58. The molecule has 1 heterocycles. The van der Waals surface area contributed by atoms with Gasteiger partial charge in [-0.25, -0.2) is 0 Å². The fraction of sp³-hybridized carbons (Fsp3) is 0.111. The largest absolute Gasteiger partial charge is 0.144 e. The molecule has 2 aromatic rings. The third-order valence-corrected chi connectivity index (χ3v) is 2.79. The second-order valence-corrected chi connectivity index (χ2v) is 3.38. The van der Waals surface area contributed by atoms with Crippen molar-refractivity contribution in [1.82, 2.24) is 0 Å². The Labute approximate surface area is 71.3 Å². The van der Waals surface area contributed by atoms with Gasteiger partial charge in [-0.05, 0) is 22.4 Å². The Morgan fingerprint density at radius 2 is 2.18 bits per heavy atom. The van der Waals surface area contributed by atoms with Crippen molar-refractivity contribution in [3.05, 3.63) is 35.2 Å². The van der Waals surface area contributed by atoms with Gasteiger partial charge in [0.2, 0.25) is 0 Å². The first-order valence-electron chi connectivity index (χ1n) is 3.57. The second kappa shape index (κ2) is 2.70. The van der Waals surface area contributed by atoms with E-state index in [1.54, 1.807) is 11.3 Å². The lowest BCUT2D eigenvalue weighted by Crippen LogP contribution is -1.81. The van der Waals surface area contributed by atoms with E-state index < -0.39 is 0 Å². The van der Waals surface area contributed by atoms with Crippen molar-refractivity contribution in [3.63, 3.8) is 0 Å². The SMILES string of the molecule is [B]Cc1cccc2ccsc12. The van der Waals surface area contributed by atoms with E-state index in [-0.39, 0.29) is 0 Å². The van der Waals surface area contributed by atoms with Crippen LogP contribution < -0.4 is 0 Å². The Hall–Kier alpha value is -0.755. The minimum Gasteiger partial charge on any atom is -0.144 e. The molecular formula is C9H7BS. The summed E-state index contributed by atoms with van der Waals surface area (Å²) in [5, 5.41) is 3.40. The molecule has 0 aliphatic heterocycles. The summed E-state index contributed by atoms with van der Waals surface area (Å²) in [4.78, 5) is 0. The Kier molecular flexibility index (Phi) is 1.70. The molecule has 52 valence electrons. The monoisotopic (exact) mass is 158 g/mol. The van der Waals surface area contributed by atoms with Gasteiger partial charge in [-0.15, -0.1) is 11.3 Å². The van der Waals surface area contributed by atoms with Crippen molar-refractivity contribution >= 4 is 29.3 Å². The van der Waals surface area contributed by atoms with Crippen LogP contribution in [0.2, 0.25) is 0 Å². The third kappa shape index (κ3) is 1.08. The maximum Gasteiger partial charge on any atom is 0.0717 e. The first kappa shape index (κ1) is 6.92. The highest BCUT2D eigenvalue weighted by molar-refractivity contribution is 7.17. The zero-order chi connectivity index (χ0) is 7.68. The highest BCUT2D eigenvalue weighted by Gasteiger charge is 1.97. The smallest absolute Gasteiger partial charge is 0.0717 e. The van der Waals surface area contributed by atoms with Crippen LogP contribution in [0.4, 0.5) is 0 Å². The molecule has 2 radical (unpaired) electrons. The Morgan fingerprint density at radius 3 is 3.00 bits per heavy atom. The predicted octanol–water partition coefficient (Wildman–Crippen LogP) is 2.57. The molecule has 0 fully saturated rings. The van der Waals surface area contributed by atoms with Crippen molar-refractivity contribution in [2.75, 3.05) is 0 Å². The lowest BCUT2D eigenvalue weighted by molar-refractivity contribution is 1.47.